The second-order valence-corrected chi connectivity index (χ2v) is 6.15. The van der Waals surface area contributed by atoms with Gasteiger partial charge in [-0.2, -0.15) is 0 Å². The quantitative estimate of drug-likeness (QED) is 0.725. The minimum absolute atomic E-state index is 0.184. The molecule has 0 atom stereocenters. The van der Waals surface area contributed by atoms with E-state index in [-0.39, 0.29) is 11.7 Å². The summed E-state index contributed by atoms with van der Waals surface area (Å²) in [5.74, 6) is 0.468. The van der Waals surface area contributed by atoms with E-state index >= 15 is 0 Å². The molecule has 3 rings (SSSR count). The molecule has 0 fully saturated rings. The molecule has 138 valence electrons. The van der Waals surface area contributed by atoms with Crippen LogP contribution in [0.1, 0.15) is 21.9 Å². The van der Waals surface area contributed by atoms with E-state index in [0.29, 0.717) is 29.6 Å². The molecule has 2 heterocycles. The predicted molar refractivity (Wildman–Crippen MR) is 101 cm³/mol. The number of benzene rings is 1. The number of anilines is 2. The van der Waals surface area contributed by atoms with Gasteiger partial charge in [0, 0.05) is 37.7 Å². The van der Waals surface area contributed by atoms with Crippen LogP contribution in [0.25, 0.3) is 0 Å². The number of pyridine rings is 1. The van der Waals surface area contributed by atoms with Crippen LogP contribution in [0.15, 0.2) is 54.9 Å². The van der Waals surface area contributed by atoms with Gasteiger partial charge in [-0.15, -0.1) is 0 Å². The molecule has 6 nitrogen and oxygen atoms in total. The van der Waals surface area contributed by atoms with Crippen molar-refractivity contribution in [2.45, 2.75) is 13.3 Å². The summed E-state index contributed by atoms with van der Waals surface area (Å²) in [5, 5.41) is 3.07. The molecule has 0 spiro atoms. The Morgan fingerprint density at radius 3 is 2.52 bits per heavy atom. The van der Waals surface area contributed by atoms with E-state index in [2.05, 4.69) is 20.3 Å². The van der Waals surface area contributed by atoms with Crippen LogP contribution in [0.5, 0.6) is 0 Å². The zero-order valence-electron chi connectivity index (χ0n) is 15.2. The SMILES string of the molecule is Cc1nc(Nc2ccc(F)cc2)cc(C(=O)N(C)CCc2ccncc2)n1. The normalized spacial score (nSPS) is 10.5. The van der Waals surface area contributed by atoms with Gasteiger partial charge in [0.25, 0.3) is 5.91 Å². The third-order valence-electron chi connectivity index (χ3n) is 4.01. The minimum Gasteiger partial charge on any atom is -0.340 e. The van der Waals surface area contributed by atoms with Crippen LogP contribution in [0.3, 0.4) is 0 Å². The van der Waals surface area contributed by atoms with Gasteiger partial charge in [-0.25, -0.2) is 14.4 Å². The highest BCUT2D eigenvalue weighted by molar-refractivity contribution is 5.93. The summed E-state index contributed by atoms with van der Waals surface area (Å²) in [7, 11) is 1.74. The Balaban J connectivity index is 1.70. The van der Waals surface area contributed by atoms with Crippen molar-refractivity contribution in [3.63, 3.8) is 0 Å². The molecule has 1 N–H and O–H groups in total. The number of nitrogens with zero attached hydrogens (tertiary/aromatic N) is 4. The number of hydrogen-bond donors (Lipinski definition) is 1. The molecule has 0 unspecified atom stereocenters. The standard InChI is InChI=1S/C20H20FN5O/c1-14-23-18(13-19(24-14)25-17-5-3-16(21)4-6-17)20(27)26(2)12-9-15-7-10-22-11-8-15/h3-8,10-11,13H,9,12H2,1-2H3,(H,23,24,25). The summed E-state index contributed by atoms with van der Waals surface area (Å²) in [6.07, 6.45) is 4.20. The summed E-state index contributed by atoms with van der Waals surface area (Å²) in [4.78, 5) is 26.9. The fourth-order valence-electron chi connectivity index (χ4n) is 2.57. The van der Waals surface area contributed by atoms with E-state index in [0.717, 1.165) is 12.0 Å². The Labute approximate surface area is 157 Å². The number of carbonyl (C=O) groups excluding carboxylic acids is 1. The maximum atomic E-state index is 13.0. The molecule has 0 aliphatic carbocycles. The molecule has 0 aliphatic heterocycles. The Morgan fingerprint density at radius 1 is 1.11 bits per heavy atom. The third-order valence-corrected chi connectivity index (χ3v) is 4.01. The fourth-order valence-corrected chi connectivity index (χ4v) is 2.57. The number of nitrogens with one attached hydrogen (secondary N) is 1. The molecule has 0 aliphatic rings. The third kappa shape index (κ3) is 5.07. The molecular formula is C20H20FN5O. The monoisotopic (exact) mass is 365 g/mol. The highest BCUT2D eigenvalue weighted by atomic mass is 19.1. The first-order chi connectivity index (χ1) is 13.0. The largest absolute Gasteiger partial charge is 0.340 e. The number of aromatic nitrogens is 3. The second-order valence-electron chi connectivity index (χ2n) is 6.15. The van der Waals surface area contributed by atoms with E-state index in [1.54, 1.807) is 49.5 Å². The molecule has 27 heavy (non-hydrogen) atoms. The average Bonchev–Trinajstić information content (AvgIpc) is 2.67. The summed E-state index contributed by atoms with van der Waals surface area (Å²) < 4.78 is 13.0. The Kier molecular flexibility index (Phi) is 5.71. The molecule has 1 aromatic carbocycles. The summed E-state index contributed by atoms with van der Waals surface area (Å²) >= 11 is 0. The predicted octanol–water partition coefficient (Wildman–Crippen LogP) is 3.38. The van der Waals surface area contributed by atoms with Crippen molar-refractivity contribution in [3.05, 3.63) is 77.8 Å². The lowest BCUT2D eigenvalue weighted by Crippen LogP contribution is -2.30. The fraction of sp³-hybridized carbons (Fsp3) is 0.200. The van der Waals surface area contributed by atoms with Gasteiger partial charge in [-0.1, -0.05) is 0 Å². The van der Waals surface area contributed by atoms with E-state index < -0.39 is 0 Å². The van der Waals surface area contributed by atoms with Gasteiger partial charge in [0.05, 0.1) is 0 Å². The van der Waals surface area contributed by atoms with Crippen molar-refractivity contribution in [2.24, 2.45) is 0 Å². The lowest BCUT2D eigenvalue weighted by atomic mass is 10.2. The highest BCUT2D eigenvalue weighted by Crippen LogP contribution is 2.16. The van der Waals surface area contributed by atoms with Crippen LogP contribution in [-0.4, -0.2) is 39.4 Å². The first kappa shape index (κ1) is 18.4. The lowest BCUT2D eigenvalue weighted by molar-refractivity contribution is 0.0790. The van der Waals surface area contributed by atoms with Crippen LogP contribution in [-0.2, 0) is 6.42 Å². The van der Waals surface area contributed by atoms with E-state index in [1.807, 2.05) is 12.1 Å². The van der Waals surface area contributed by atoms with Crippen molar-refractivity contribution < 1.29 is 9.18 Å². The van der Waals surface area contributed by atoms with E-state index in [9.17, 15) is 9.18 Å². The van der Waals surface area contributed by atoms with Crippen molar-refractivity contribution in [1.29, 1.82) is 0 Å². The van der Waals surface area contributed by atoms with Crippen LogP contribution in [0.4, 0.5) is 15.9 Å². The molecule has 2 aromatic heterocycles. The van der Waals surface area contributed by atoms with Gasteiger partial charge < -0.3 is 10.2 Å². The van der Waals surface area contributed by atoms with Gasteiger partial charge in [0.15, 0.2) is 0 Å². The molecular weight excluding hydrogens is 345 g/mol. The van der Waals surface area contributed by atoms with Crippen molar-refractivity contribution in [3.8, 4) is 0 Å². The highest BCUT2D eigenvalue weighted by Gasteiger charge is 2.15. The Morgan fingerprint density at radius 2 is 1.81 bits per heavy atom. The zero-order valence-corrected chi connectivity index (χ0v) is 15.2. The molecule has 7 heteroatoms. The zero-order chi connectivity index (χ0) is 19.2. The van der Waals surface area contributed by atoms with E-state index in [4.69, 9.17) is 0 Å². The van der Waals surface area contributed by atoms with Crippen LogP contribution >= 0.6 is 0 Å². The topological polar surface area (TPSA) is 71.0 Å². The molecule has 0 bridgehead atoms. The molecule has 1 amide bonds. The van der Waals surface area contributed by atoms with Crippen molar-refractivity contribution >= 4 is 17.4 Å². The summed E-state index contributed by atoms with van der Waals surface area (Å²) in [6, 6.07) is 11.4. The van der Waals surface area contributed by atoms with Gasteiger partial charge in [0.2, 0.25) is 0 Å². The van der Waals surface area contributed by atoms with E-state index in [1.165, 1.54) is 12.1 Å². The Bertz CT molecular complexity index is 915. The maximum Gasteiger partial charge on any atom is 0.272 e. The number of amides is 1. The average molecular weight is 365 g/mol. The lowest BCUT2D eigenvalue weighted by Gasteiger charge is -2.17. The number of rotatable bonds is 6. The first-order valence-corrected chi connectivity index (χ1v) is 8.54. The molecule has 3 aromatic rings. The number of halogens is 1. The first-order valence-electron chi connectivity index (χ1n) is 8.54. The second kappa shape index (κ2) is 8.35. The molecule has 0 saturated heterocycles. The van der Waals surface area contributed by atoms with Gasteiger partial charge in [-0.05, 0) is 55.3 Å². The minimum atomic E-state index is -0.314. The van der Waals surface area contributed by atoms with Crippen LogP contribution < -0.4 is 5.32 Å². The van der Waals surface area contributed by atoms with Gasteiger partial charge in [-0.3, -0.25) is 9.78 Å². The molecule has 0 saturated carbocycles. The van der Waals surface area contributed by atoms with Crippen LogP contribution in [0, 0.1) is 12.7 Å². The van der Waals surface area contributed by atoms with Crippen molar-refractivity contribution in [1.82, 2.24) is 19.9 Å². The number of hydrogen-bond acceptors (Lipinski definition) is 5. The number of likely N-dealkylation sites (N-methyl/N-ethyl adjacent to an activating group) is 1. The van der Waals surface area contributed by atoms with Gasteiger partial charge >= 0.3 is 0 Å². The van der Waals surface area contributed by atoms with Gasteiger partial charge in [0.1, 0.15) is 23.2 Å². The smallest absolute Gasteiger partial charge is 0.272 e. The molecule has 0 radical (unpaired) electrons. The summed E-state index contributed by atoms with van der Waals surface area (Å²) in [5.41, 5.74) is 2.10. The van der Waals surface area contributed by atoms with Crippen molar-refractivity contribution in [2.75, 3.05) is 18.9 Å². The van der Waals surface area contributed by atoms with Crippen LogP contribution in [0.2, 0.25) is 0 Å². The maximum absolute atomic E-state index is 13.0. The summed E-state index contributed by atoms with van der Waals surface area (Å²) in [6.45, 7) is 2.29. The number of aryl methyl sites for hydroxylation is 1. The Hall–Kier alpha value is -3.35. The number of carbonyl (C=O) groups is 1.